The smallest absolute Gasteiger partial charge is 0.330 e. The third-order valence-electron chi connectivity index (χ3n) is 5.06. The summed E-state index contributed by atoms with van der Waals surface area (Å²) >= 11 is 0. The molecule has 10 nitrogen and oxygen atoms in total. The van der Waals surface area contributed by atoms with E-state index in [1.807, 2.05) is 30.3 Å². The van der Waals surface area contributed by atoms with E-state index in [1.165, 1.54) is 11.7 Å². The number of aromatic nitrogens is 2. The molecule has 1 aromatic heterocycles. The molecule has 3 aromatic rings. The second kappa shape index (κ2) is 11.5. The van der Waals surface area contributed by atoms with E-state index in [0.29, 0.717) is 5.75 Å². The van der Waals surface area contributed by atoms with Crippen molar-refractivity contribution in [1.29, 1.82) is 5.26 Å². The van der Waals surface area contributed by atoms with Crippen LogP contribution in [-0.4, -0.2) is 42.3 Å². The zero-order valence-electron chi connectivity index (χ0n) is 18.7. The van der Waals surface area contributed by atoms with Gasteiger partial charge in [0.1, 0.15) is 11.6 Å². The van der Waals surface area contributed by atoms with Crippen molar-refractivity contribution in [3.8, 4) is 11.8 Å². The summed E-state index contributed by atoms with van der Waals surface area (Å²) in [7, 11) is 1.46. The molecule has 0 aliphatic carbocycles. The molecule has 3 rings (SSSR count). The summed E-state index contributed by atoms with van der Waals surface area (Å²) in [6, 6.07) is 18.0. The van der Waals surface area contributed by atoms with E-state index < -0.39 is 17.2 Å². The highest BCUT2D eigenvalue weighted by Crippen LogP contribution is 2.19. The number of methoxy groups -OCH3 is 1. The third kappa shape index (κ3) is 5.90. The maximum Gasteiger partial charge on any atom is 0.330 e. The van der Waals surface area contributed by atoms with Crippen LogP contribution in [-0.2, 0) is 22.5 Å². The molecule has 0 radical (unpaired) electrons. The number of ether oxygens (including phenoxy) is 2. The fourth-order valence-corrected chi connectivity index (χ4v) is 3.32. The number of anilines is 2. The zero-order valence-corrected chi connectivity index (χ0v) is 18.7. The summed E-state index contributed by atoms with van der Waals surface area (Å²) in [5.74, 6) is -0.249. The van der Waals surface area contributed by atoms with Crippen LogP contribution in [0.15, 0.2) is 64.2 Å². The van der Waals surface area contributed by atoms with E-state index in [1.54, 1.807) is 24.3 Å². The second-order valence-electron chi connectivity index (χ2n) is 7.37. The van der Waals surface area contributed by atoms with Gasteiger partial charge in [0.25, 0.3) is 11.5 Å². The van der Waals surface area contributed by atoms with Gasteiger partial charge in [-0.15, -0.1) is 0 Å². The number of rotatable bonds is 10. The number of carbonyl (C=O) groups is 1. The average Bonchev–Trinajstić information content (AvgIpc) is 2.84. The number of amides is 1. The SMILES string of the molecule is COCCN(C(=O)COc1ccc(CC#N)cc1)c1c(N)n(Cc2ccccc2)c(=O)[nH]c1=O. The van der Waals surface area contributed by atoms with Crippen molar-refractivity contribution in [3.63, 3.8) is 0 Å². The highest BCUT2D eigenvalue weighted by Gasteiger charge is 2.24. The van der Waals surface area contributed by atoms with E-state index in [-0.39, 0.29) is 44.2 Å². The Hall–Kier alpha value is -4.36. The van der Waals surface area contributed by atoms with Crippen LogP contribution in [0.5, 0.6) is 5.75 Å². The van der Waals surface area contributed by atoms with Gasteiger partial charge in [-0.1, -0.05) is 42.5 Å². The number of H-pyrrole nitrogens is 1. The average molecular weight is 463 g/mol. The largest absolute Gasteiger partial charge is 0.484 e. The lowest BCUT2D eigenvalue weighted by atomic mass is 10.2. The Morgan fingerprint density at radius 1 is 1.12 bits per heavy atom. The molecule has 34 heavy (non-hydrogen) atoms. The summed E-state index contributed by atoms with van der Waals surface area (Å²) in [5.41, 5.74) is 6.25. The van der Waals surface area contributed by atoms with Crippen LogP contribution in [0.1, 0.15) is 11.1 Å². The molecule has 1 amide bonds. The number of nitriles is 1. The van der Waals surface area contributed by atoms with Crippen molar-refractivity contribution in [1.82, 2.24) is 9.55 Å². The van der Waals surface area contributed by atoms with Gasteiger partial charge in [-0.25, -0.2) is 4.79 Å². The monoisotopic (exact) mass is 463 g/mol. The van der Waals surface area contributed by atoms with E-state index in [0.717, 1.165) is 16.0 Å². The van der Waals surface area contributed by atoms with Crippen LogP contribution in [0.25, 0.3) is 0 Å². The molecule has 0 aliphatic heterocycles. The van der Waals surface area contributed by atoms with Crippen LogP contribution in [0.4, 0.5) is 11.5 Å². The van der Waals surface area contributed by atoms with Crippen molar-refractivity contribution in [2.24, 2.45) is 0 Å². The molecular weight excluding hydrogens is 438 g/mol. The summed E-state index contributed by atoms with van der Waals surface area (Å²) in [5, 5.41) is 8.77. The number of hydrogen-bond donors (Lipinski definition) is 2. The van der Waals surface area contributed by atoms with Gasteiger partial charge in [-0.05, 0) is 23.3 Å². The minimum absolute atomic E-state index is 0.0244. The Kier molecular flexibility index (Phi) is 8.21. The molecule has 0 bridgehead atoms. The Morgan fingerprint density at radius 2 is 1.82 bits per heavy atom. The molecule has 0 fully saturated rings. The third-order valence-corrected chi connectivity index (χ3v) is 5.06. The van der Waals surface area contributed by atoms with Crippen molar-refractivity contribution >= 4 is 17.4 Å². The zero-order chi connectivity index (χ0) is 24.5. The Morgan fingerprint density at radius 3 is 2.47 bits per heavy atom. The fraction of sp³-hybridized carbons (Fsp3) is 0.250. The van der Waals surface area contributed by atoms with Crippen molar-refractivity contribution in [3.05, 3.63) is 86.6 Å². The van der Waals surface area contributed by atoms with Gasteiger partial charge in [0, 0.05) is 13.7 Å². The van der Waals surface area contributed by atoms with Gasteiger partial charge < -0.3 is 15.2 Å². The number of carbonyl (C=O) groups excluding carboxylic acids is 1. The normalized spacial score (nSPS) is 10.5. The van der Waals surface area contributed by atoms with Gasteiger partial charge in [0.2, 0.25) is 0 Å². The number of nitrogens with zero attached hydrogens (tertiary/aromatic N) is 3. The maximum atomic E-state index is 13.1. The highest BCUT2D eigenvalue weighted by molar-refractivity contribution is 5.96. The van der Waals surface area contributed by atoms with Crippen LogP contribution in [0.2, 0.25) is 0 Å². The van der Waals surface area contributed by atoms with Crippen LogP contribution in [0, 0.1) is 11.3 Å². The van der Waals surface area contributed by atoms with Crippen LogP contribution in [0.3, 0.4) is 0 Å². The molecule has 0 aliphatic rings. The number of benzene rings is 2. The molecule has 0 unspecified atom stereocenters. The predicted octanol–water partition coefficient (Wildman–Crippen LogP) is 1.29. The minimum Gasteiger partial charge on any atom is -0.484 e. The highest BCUT2D eigenvalue weighted by atomic mass is 16.5. The lowest BCUT2D eigenvalue weighted by molar-refractivity contribution is -0.120. The topological polar surface area (TPSA) is 143 Å². The molecule has 0 saturated heterocycles. The maximum absolute atomic E-state index is 13.1. The lowest BCUT2D eigenvalue weighted by Crippen LogP contribution is -2.44. The number of nitrogens with two attached hydrogens (primary N) is 1. The first-order chi connectivity index (χ1) is 16.4. The summed E-state index contributed by atoms with van der Waals surface area (Å²) in [6.45, 7) is -0.104. The fourth-order valence-electron chi connectivity index (χ4n) is 3.32. The summed E-state index contributed by atoms with van der Waals surface area (Å²) in [4.78, 5) is 41.6. The number of nitrogen functional groups attached to an aromatic ring is 1. The molecule has 0 atom stereocenters. The Bertz CT molecular complexity index is 1280. The Balaban J connectivity index is 1.88. The standard InChI is InChI=1S/C24H25N5O5/c1-33-14-13-28(20(30)16-34-19-9-7-17(8-10-19)11-12-25)21-22(26)29(24(32)27-23(21)31)15-18-5-3-2-4-6-18/h2-10H,11,13-16,26H2,1H3,(H,27,31,32). The molecule has 3 N–H and O–H groups in total. The van der Waals surface area contributed by atoms with Crippen LogP contribution >= 0.6 is 0 Å². The van der Waals surface area contributed by atoms with Gasteiger partial charge in [0.05, 0.1) is 25.6 Å². The lowest BCUT2D eigenvalue weighted by Gasteiger charge is -2.24. The van der Waals surface area contributed by atoms with E-state index in [4.69, 9.17) is 20.5 Å². The van der Waals surface area contributed by atoms with Gasteiger partial charge in [0.15, 0.2) is 12.3 Å². The molecule has 0 saturated carbocycles. The Labute approximate surface area is 195 Å². The quantitative estimate of drug-likeness (QED) is 0.461. The molecule has 176 valence electrons. The summed E-state index contributed by atoms with van der Waals surface area (Å²) < 4.78 is 11.9. The first kappa shape index (κ1) is 24.3. The number of nitrogens with one attached hydrogen (secondary N) is 1. The van der Waals surface area contributed by atoms with Crippen molar-refractivity contribution in [2.75, 3.05) is 37.5 Å². The molecule has 1 heterocycles. The number of hydrogen-bond acceptors (Lipinski definition) is 7. The molecular formula is C24H25N5O5. The molecule has 10 heteroatoms. The van der Waals surface area contributed by atoms with E-state index >= 15 is 0 Å². The predicted molar refractivity (Wildman–Crippen MR) is 127 cm³/mol. The minimum atomic E-state index is -0.780. The summed E-state index contributed by atoms with van der Waals surface area (Å²) in [6.07, 6.45) is 0.269. The van der Waals surface area contributed by atoms with Gasteiger partial charge in [-0.2, -0.15) is 5.26 Å². The first-order valence-corrected chi connectivity index (χ1v) is 10.5. The van der Waals surface area contributed by atoms with E-state index in [9.17, 15) is 14.4 Å². The molecule has 0 spiro atoms. The van der Waals surface area contributed by atoms with E-state index in [2.05, 4.69) is 11.1 Å². The van der Waals surface area contributed by atoms with Gasteiger partial charge >= 0.3 is 5.69 Å². The number of aromatic amines is 1. The van der Waals surface area contributed by atoms with Crippen molar-refractivity contribution < 1.29 is 14.3 Å². The van der Waals surface area contributed by atoms with Crippen molar-refractivity contribution in [2.45, 2.75) is 13.0 Å². The molecule has 2 aromatic carbocycles. The van der Waals surface area contributed by atoms with Crippen LogP contribution < -0.4 is 26.6 Å². The second-order valence-corrected chi connectivity index (χ2v) is 7.37. The first-order valence-electron chi connectivity index (χ1n) is 10.5. The van der Waals surface area contributed by atoms with Gasteiger partial charge in [-0.3, -0.25) is 24.0 Å².